The first-order valence-electron chi connectivity index (χ1n) is 11.0. The van der Waals surface area contributed by atoms with Crippen molar-refractivity contribution in [2.45, 2.75) is 52.9 Å². The molecule has 3 aromatic rings. The van der Waals surface area contributed by atoms with Crippen molar-refractivity contribution in [1.82, 2.24) is 15.2 Å². The Hall–Kier alpha value is -3.12. The number of hydrogen-bond acceptors (Lipinski definition) is 5. The standard InChI is InChI=1S/C26H33N3O3/c1-18(2)20(4)29(15-21-10-9-13-23(14-21)31-5)16-25-28-24(17-32-25)26(30)27-19(3)22-11-7-6-8-12-22/h6-14,17-20H,15-16H2,1-5H3,(H,27,30). The molecule has 2 aromatic carbocycles. The van der Waals surface area contributed by atoms with Crippen LogP contribution in [0.1, 0.15) is 61.2 Å². The van der Waals surface area contributed by atoms with Crippen LogP contribution < -0.4 is 10.1 Å². The highest BCUT2D eigenvalue weighted by Crippen LogP contribution is 2.21. The Morgan fingerprint density at radius 3 is 2.50 bits per heavy atom. The van der Waals surface area contributed by atoms with Crippen LogP contribution >= 0.6 is 0 Å². The van der Waals surface area contributed by atoms with Crippen LogP contribution in [0.2, 0.25) is 0 Å². The molecule has 1 N–H and O–H groups in total. The van der Waals surface area contributed by atoms with E-state index in [9.17, 15) is 4.79 Å². The highest BCUT2D eigenvalue weighted by Gasteiger charge is 2.22. The number of nitrogens with one attached hydrogen (secondary N) is 1. The van der Waals surface area contributed by atoms with Gasteiger partial charge in [0.1, 0.15) is 12.0 Å². The summed E-state index contributed by atoms with van der Waals surface area (Å²) in [5, 5.41) is 2.98. The minimum Gasteiger partial charge on any atom is -0.497 e. The molecule has 6 heteroatoms. The second-order valence-corrected chi connectivity index (χ2v) is 8.47. The van der Waals surface area contributed by atoms with Gasteiger partial charge in [-0.3, -0.25) is 9.69 Å². The molecule has 0 aliphatic heterocycles. The zero-order valence-electron chi connectivity index (χ0n) is 19.5. The summed E-state index contributed by atoms with van der Waals surface area (Å²) >= 11 is 0. The zero-order valence-corrected chi connectivity index (χ0v) is 19.5. The van der Waals surface area contributed by atoms with Crippen molar-refractivity contribution in [3.63, 3.8) is 0 Å². The van der Waals surface area contributed by atoms with Gasteiger partial charge >= 0.3 is 0 Å². The number of oxazole rings is 1. The number of ether oxygens (including phenoxy) is 1. The van der Waals surface area contributed by atoms with Gasteiger partial charge in [0.25, 0.3) is 5.91 Å². The Bertz CT molecular complexity index is 1000. The van der Waals surface area contributed by atoms with E-state index >= 15 is 0 Å². The molecule has 0 spiro atoms. The second-order valence-electron chi connectivity index (χ2n) is 8.47. The van der Waals surface area contributed by atoms with Crippen molar-refractivity contribution >= 4 is 5.91 Å². The molecular formula is C26H33N3O3. The van der Waals surface area contributed by atoms with Gasteiger partial charge in [-0.25, -0.2) is 4.98 Å². The molecule has 3 rings (SSSR count). The third kappa shape index (κ3) is 6.20. The number of hydrogen-bond donors (Lipinski definition) is 1. The summed E-state index contributed by atoms with van der Waals surface area (Å²) in [6.07, 6.45) is 1.44. The molecule has 1 heterocycles. The van der Waals surface area contributed by atoms with E-state index < -0.39 is 0 Å². The largest absolute Gasteiger partial charge is 0.497 e. The molecule has 0 radical (unpaired) electrons. The van der Waals surface area contributed by atoms with Gasteiger partial charge in [-0.2, -0.15) is 0 Å². The summed E-state index contributed by atoms with van der Waals surface area (Å²) in [6.45, 7) is 9.78. The van der Waals surface area contributed by atoms with E-state index in [-0.39, 0.29) is 11.9 Å². The SMILES string of the molecule is COc1cccc(CN(Cc2nc(C(=O)NC(C)c3ccccc3)co2)C(C)C(C)C)c1. The summed E-state index contributed by atoms with van der Waals surface area (Å²) in [5.41, 5.74) is 2.49. The average Bonchev–Trinajstić information content (AvgIpc) is 3.27. The predicted octanol–water partition coefficient (Wildman–Crippen LogP) is 5.22. The van der Waals surface area contributed by atoms with Gasteiger partial charge in [0.2, 0.25) is 5.89 Å². The number of carbonyl (C=O) groups is 1. The Labute approximate surface area is 190 Å². The lowest BCUT2D eigenvalue weighted by Gasteiger charge is -2.30. The molecule has 1 aromatic heterocycles. The van der Waals surface area contributed by atoms with E-state index in [0.717, 1.165) is 23.4 Å². The fourth-order valence-corrected chi connectivity index (χ4v) is 3.53. The van der Waals surface area contributed by atoms with E-state index in [0.29, 0.717) is 30.1 Å². The first-order valence-corrected chi connectivity index (χ1v) is 11.0. The molecule has 0 aliphatic carbocycles. The van der Waals surface area contributed by atoms with Gasteiger partial charge in [-0.05, 0) is 43.0 Å². The van der Waals surface area contributed by atoms with Gasteiger partial charge in [-0.1, -0.05) is 56.3 Å². The van der Waals surface area contributed by atoms with E-state index in [2.05, 4.69) is 42.0 Å². The van der Waals surface area contributed by atoms with Gasteiger partial charge in [0.15, 0.2) is 5.69 Å². The van der Waals surface area contributed by atoms with Crippen LogP contribution in [0.5, 0.6) is 5.75 Å². The minimum atomic E-state index is -0.243. The fourth-order valence-electron chi connectivity index (χ4n) is 3.53. The number of aromatic nitrogens is 1. The van der Waals surface area contributed by atoms with E-state index in [4.69, 9.17) is 9.15 Å². The van der Waals surface area contributed by atoms with Crippen molar-refractivity contribution in [3.8, 4) is 5.75 Å². The van der Waals surface area contributed by atoms with Crippen LogP contribution in [-0.2, 0) is 13.1 Å². The monoisotopic (exact) mass is 435 g/mol. The Balaban J connectivity index is 1.69. The van der Waals surface area contributed by atoms with Crippen LogP contribution in [0.4, 0.5) is 0 Å². The summed E-state index contributed by atoms with van der Waals surface area (Å²) in [7, 11) is 1.67. The number of benzene rings is 2. The number of carbonyl (C=O) groups excluding carboxylic acids is 1. The molecule has 0 saturated heterocycles. The lowest BCUT2D eigenvalue weighted by molar-refractivity contribution is 0.0934. The molecule has 2 unspecified atom stereocenters. The maximum atomic E-state index is 12.7. The maximum Gasteiger partial charge on any atom is 0.273 e. The van der Waals surface area contributed by atoms with Gasteiger partial charge in [-0.15, -0.1) is 0 Å². The van der Waals surface area contributed by atoms with Crippen LogP contribution in [0, 0.1) is 5.92 Å². The summed E-state index contributed by atoms with van der Waals surface area (Å²) < 4.78 is 11.0. The third-order valence-electron chi connectivity index (χ3n) is 5.83. The predicted molar refractivity (Wildman–Crippen MR) is 125 cm³/mol. The first kappa shape index (κ1) is 23.5. The van der Waals surface area contributed by atoms with E-state index in [1.165, 1.54) is 6.26 Å². The molecule has 0 aliphatic rings. The number of amides is 1. The van der Waals surface area contributed by atoms with Crippen molar-refractivity contribution in [1.29, 1.82) is 0 Å². The molecule has 2 atom stereocenters. The Morgan fingerprint density at radius 1 is 1.06 bits per heavy atom. The summed E-state index contributed by atoms with van der Waals surface area (Å²) in [4.78, 5) is 19.4. The number of rotatable bonds is 10. The van der Waals surface area contributed by atoms with Crippen molar-refractivity contribution in [3.05, 3.63) is 83.6 Å². The second kappa shape index (κ2) is 11.0. The fraction of sp³-hybridized carbons (Fsp3) is 0.385. The first-order chi connectivity index (χ1) is 15.4. The molecule has 0 bridgehead atoms. The van der Waals surface area contributed by atoms with Crippen LogP contribution in [0.25, 0.3) is 0 Å². The van der Waals surface area contributed by atoms with Crippen LogP contribution in [-0.4, -0.2) is 28.9 Å². The normalized spacial score (nSPS) is 13.2. The number of nitrogens with zero attached hydrogens (tertiary/aromatic N) is 2. The zero-order chi connectivity index (χ0) is 23.1. The Morgan fingerprint density at radius 2 is 1.81 bits per heavy atom. The molecular weight excluding hydrogens is 402 g/mol. The topological polar surface area (TPSA) is 67.6 Å². The van der Waals surface area contributed by atoms with Crippen LogP contribution in [0.3, 0.4) is 0 Å². The Kier molecular flexibility index (Phi) is 8.06. The minimum absolute atomic E-state index is 0.116. The highest BCUT2D eigenvalue weighted by atomic mass is 16.5. The van der Waals surface area contributed by atoms with E-state index in [1.807, 2.05) is 55.5 Å². The average molecular weight is 436 g/mol. The highest BCUT2D eigenvalue weighted by molar-refractivity contribution is 5.92. The number of methoxy groups -OCH3 is 1. The summed E-state index contributed by atoms with van der Waals surface area (Å²) in [5.74, 6) is 1.57. The van der Waals surface area contributed by atoms with Gasteiger partial charge < -0.3 is 14.5 Å². The lowest BCUT2D eigenvalue weighted by atomic mass is 10.0. The molecule has 0 fully saturated rings. The van der Waals surface area contributed by atoms with Crippen molar-refractivity contribution < 1.29 is 13.9 Å². The maximum absolute atomic E-state index is 12.7. The molecule has 32 heavy (non-hydrogen) atoms. The summed E-state index contributed by atoms with van der Waals surface area (Å²) in [6, 6.07) is 18.1. The molecule has 0 saturated carbocycles. The smallest absolute Gasteiger partial charge is 0.273 e. The van der Waals surface area contributed by atoms with Crippen molar-refractivity contribution in [2.75, 3.05) is 7.11 Å². The quantitative estimate of drug-likeness (QED) is 0.473. The van der Waals surface area contributed by atoms with E-state index in [1.54, 1.807) is 7.11 Å². The molecule has 1 amide bonds. The van der Waals surface area contributed by atoms with Crippen molar-refractivity contribution in [2.24, 2.45) is 5.92 Å². The van der Waals surface area contributed by atoms with Gasteiger partial charge in [0.05, 0.1) is 19.7 Å². The molecule has 6 nitrogen and oxygen atoms in total. The van der Waals surface area contributed by atoms with Gasteiger partial charge in [0, 0.05) is 12.6 Å². The third-order valence-corrected chi connectivity index (χ3v) is 5.83. The van der Waals surface area contributed by atoms with Crippen LogP contribution in [0.15, 0.2) is 65.3 Å². The molecule has 170 valence electrons. The lowest BCUT2D eigenvalue weighted by Crippen LogP contribution is -2.36.